The molecule has 3 aliphatic heterocycles. The lowest BCUT2D eigenvalue weighted by atomic mass is 10.1. The molecule has 0 aromatic heterocycles. The van der Waals surface area contributed by atoms with E-state index in [9.17, 15) is 0 Å². The number of nitrogens with zero attached hydrogens (tertiary/aromatic N) is 2. The molecule has 3 rings (SSSR count). The van der Waals surface area contributed by atoms with Gasteiger partial charge in [-0.25, -0.2) is 0 Å². The normalized spacial score (nSPS) is 36.5. The van der Waals surface area contributed by atoms with E-state index in [1.54, 1.807) is 0 Å². The van der Waals surface area contributed by atoms with Gasteiger partial charge in [-0.2, -0.15) is 0 Å². The Kier molecular flexibility index (Phi) is 4.23. The van der Waals surface area contributed by atoms with E-state index in [-0.39, 0.29) is 6.10 Å². The summed E-state index contributed by atoms with van der Waals surface area (Å²) < 4.78 is 6.06. The summed E-state index contributed by atoms with van der Waals surface area (Å²) in [5, 5.41) is 7.56. The van der Waals surface area contributed by atoms with Crippen molar-refractivity contribution in [1.82, 2.24) is 10.2 Å². The Morgan fingerprint density at radius 3 is 2.89 bits per heavy atom. The maximum atomic E-state index is 6.06. The highest BCUT2D eigenvalue weighted by atomic mass is 16.7. The van der Waals surface area contributed by atoms with Crippen molar-refractivity contribution in [3.05, 3.63) is 0 Å². The largest absolute Gasteiger partial charge is 0.470 e. The maximum Gasteiger partial charge on any atom is 0.230 e. The lowest BCUT2D eigenvalue weighted by molar-refractivity contribution is -0.0147. The van der Waals surface area contributed by atoms with E-state index < -0.39 is 0 Å². The highest BCUT2D eigenvalue weighted by Crippen LogP contribution is 2.20. The first-order valence-corrected chi connectivity index (χ1v) is 7.63. The highest BCUT2D eigenvalue weighted by Gasteiger charge is 2.32. The van der Waals surface area contributed by atoms with Crippen molar-refractivity contribution in [2.45, 2.75) is 44.8 Å². The first kappa shape index (κ1) is 13.2. The highest BCUT2D eigenvalue weighted by molar-refractivity contribution is 5.79. The standard InChI is InChI=1S/C14H25N3O2/c1-11-7-12(8-15-11)14-16-18-10-13(19-14)9-17-5-3-2-4-6-17/h11-13,15H,2-10H2,1H3. The van der Waals surface area contributed by atoms with E-state index in [0.717, 1.165) is 25.4 Å². The first-order chi connectivity index (χ1) is 9.31. The molecule has 0 aliphatic carbocycles. The molecule has 3 unspecified atom stereocenters. The molecule has 0 saturated carbocycles. The second-order valence-electron chi connectivity index (χ2n) is 6.07. The molecule has 0 aromatic rings. The van der Waals surface area contributed by atoms with Gasteiger partial charge in [0, 0.05) is 19.1 Å². The van der Waals surface area contributed by atoms with Gasteiger partial charge in [-0.15, -0.1) is 0 Å². The van der Waals surface area contributed by atoms with Crippen molar-refractivity contribution in [1.29, 1.82) is 0 Å². The molecule has 5 nitrogen and oxygen atoms in total. The number of nitrogens with one attached hydrogen (secondary N) is 1. The Morgan fingerprint density at radius 1 is 1.32 bits per heavy atom. The van der Waals surface area contributed by atoms with Gasteiger partial charge < -0.3 is 14.9 Å². The summed E-state index contributed by atoms with van der Waals surface area (Å²) in [5.41, 5.74) is 0. The Bertz CT molecular complexity index is 329. The van der Waals surface area contributed by atoms with E-state index >= 15 is 0 Å². The first-order valence-electron chi connectivity index (χ1n) is 7.63. The fourth-order valence-corrected chi connectivity index (χ4v) is 3.23. The van der Waals surface area contributed by atoms with Crippen LogP contribution in [0.4, 0.5) is 0 Å². The van der Waals surface area contributed by atoms with Crippen LogP contribution < -0.4 is 5.32 Å². The van der Waals surface area contributed by atoms with E-state index in [1.165, 1.54) is 32.4 Å². The smallest absolute Gasteiger partial charge is 0.230 e. The van der Waals surface area contributed by atoms with Gasteiger partial charge in [0.2, 0.25) is 5.90 Å². The van der Waals surface area contributed by atoms with Gasteiger partial charge in [0.25, 0.3) is 0 Å². The third kappa shape index (κ3) is 3.39. The maximum absolute atomic E-state index is 6.06. The van der Waals surface area contributed by atoms with Crippen LogP contribution in [0, 0.1) is 5.92 Å². The second kappa shape index (κ2) is 6.09. The molecule has 1 N–H and O–H groups in total. The number of oxime groups is 1. The van der Waals surface area contributed by atoms with Crippen LogP contribution in [0.2, 0.25) is 0 Å². The Hall–Kier alpha value is -0.810. The summed E-state index contributed by atoms with van der Waals surface area (Å²) >= 11 is 0. The molecule has 0 amide bonds. The van der Waals surface area contributed by atoms with E-state index in [4.69, 9.17) is 9.57 Å². The summed E-state index contributed by atoms with van der Waals surface area (Å²) in [6, 6.07) is 0.554. The fourth-order valence-electron chi connectivity index (χ4n) is 3.23. The predicted molar refractivity (Wildman–Crippen MR) is 74.1 cm³/mol. The van der Waals surface area contributed by atoms with Crippen LogP contribution in [-0.4, -0.2) is 55.7 Å². The van der Waals surface area contributed by atoms with Crippen molar-refractivity contribution < 1.29 is 9.57 Å². The van der Waals surface area contributed by atoms with Crippen molar-refractivity contribution >= 4 is 5.90 Å². The zero-order valence-corrected chi connectivity index (χ0v) is 11.8. The van der Waals surface area contributed by atoms with Gasteiger partial charge in [0.15, 0.2) is 6.61 Å². The van der Waals surface area contributed by atoms with E-state index in [1.807, 2.05) is 0 Å². The third-order valence-electron chi connectivity index (χ3n) is 4.31. The van der Waals surface area contributed by atoms with Crippen molar-refractivity contribution in [3.8, 4) is 0 Å². The number of likely N-dealkylation sites (tertiary alicyclic amines) is 1. The fraction of sp³-hybridized carbons (Fsp3) is 0.929. The molecule has 0 spiro atoms. The zero-order valence-electron chi connectivity index (χ0n) is 11.8. The van der Waals surface area contributed by atoms with Gasteiger partial charge in [0.1, 0.15) is 6.10 Å². The zero-order chi connectivity index (χ0) is 13.1. The topological polar surface area (TPSA) is 46.1 Å². The van der Waals surface area contributed by atoms with Crippen molar-refractivity contribution in [3.63, 3.8) is 0 Å². The van der Waals surface area contributed by atoms with Crippen LogP contribution >= 0.6 is 0 Å². The molecule has 3 atom stereocenters. The molecule has 0 bridgehead atoms. The average molecular weight is 267 g/mol. The molecular formula is C14H25N3O2. The van der Waals surface area contributed by atoms with Gasteiger partial charge in [-0.3, -0.25) is 4.90 Å². The lowest BCUT2D eigenvalue weighted by Gasteiger charge is -2.32. The minimum atomic E-state index is 0.154. The summed E-state index contributed by atoms with van der Waals surface area (Å²) in [5.74, 6) is 1.20. The predicted octanol–water partition coefficient (Wildman–Crippen LogP) is 1.20. The summed E-state index contributed by atoms with van der Waals surface area (Å²) in [6.45, 7) is 7.14. The number of ether oxygens (including phenoxy) is 1. The van der Waals surface area contributed by atoms with E-state index in [2.05, 4.69) is 22.3 Å². The molecule has 19 heavy (non-hydrogen) atoms. The molecule has 0 radical (unpaired) electrons. The minimum absolute atomic E-state index is 0.154. The van der Waals surface area contributed by atoms with Gasteiger partial charge in [-0.1, -0.05) is 11.6 Å². The number of hydrogen-bond acceptors (Lipinski definition) is 5. The Labute approximate surface area is 115 Å². The third-order valence-corrected chi connectivity index (χ3v) is 4.31. The number of piperidine rings is 1. The Morgan fingerprint density at radius 2 is 2.16 bits per heavy atom. The SMILES string of the molecule is CC1CC(C2=NOCC(CN3CCCCC3)O2)CN1. The van der Waals surface area contributed by atoms with Crippen LogP contribution in [0.5, 0.6) is 0 Å². The molecule has 5 heteroatoms. The molecule has 3 heterocycles. The molecule has 0 aromatic carbocycles. The van der Waals surface area contributed by atoms with Gasteiger partial charge in [-0.05, 0) is 39.3 Å². The van der Waals surface area contributed by atoms with Gasteiger partial charge >= 0.3 is 0 Å². The van der Waals surface area contributed by atoms with Crippen LogP contribution in [0.3, 0.4) is 0 Å². The molecule has 2 fully saturated rings. The summed E-state index contributed by atoms with van der Waals surface area (Å²) in [7, 11) is 0. The van der Waals surface area contributed by atoms with Crippen LogP contribution in [0.25, 0.3) is 0 Å². The number of rotatable bonds is 3. The van der Waals surface area contributed by atoms with Crippen LogP contribution in [0.1, 0.15) is 32.6 Å². The van der Waals surface area contributed by atoms with Crippen LogP contribution in [-0.2, 0) is 9.57 Å². The minimum Gasteiger partial charge on any atom is -0.470 e. The number of hydrogen-bond donors (Lipinski definition) is 1. The van der Waals surface area contributed by atoms with Crippen LogP contribution in [0.15, 0.2) is 5.16 Å². The monoisotopic (exact) mass is 267 g/mol. The average Bonchev–Trinajstić information content (AvgIpc) is 2.87. The molecule has 108 valence electrons. The summed E-state index contributed by atoms with van der Waals surface area (Å²) in [6.07, 6.45) is 5.26. The quantitative estimate of drug-likeness (QED) is 0.834. The van der Waals surface area contributed by atoms with E-state index in [0.29, 0.717) is 18.6 Å². The van der Waals surface area contributed by atoms with Crippen molar-refractivity contribution in [2.24, 2.45) is 11.1 Å². The molecule has 2 saturated heterocycles. The van der Waals surface area contributed by atoms with Crippen molar-refractivity contribution in [2.75, 3.05) is 32.8 Å². The summed E-state index contributed by atoms with van der Waals surface area (Å²) in [4.78, 5) is 7.89. The second-order valence-corrected chi connectivity index (χ2v) is 6.07. The molecule has 3 aliphatic rings. The Balaban J connectivity index is 1.50. The lowest BCUT2D eigenvalue weighted by Crippen LogP contribution is -2.43. The van der Waals surface area contributed by atoms with Gasteiger partial charge in [0.05, 0.1) is 5.92 Å². The molecular weight excluding hydrogens is 242 g/mol.